The Hall–Kier alpha value is -2.51. The zero-order valence-electron chi connectivity index (χ0n) is 12.8. The summed E-state index contributed by atoms with van der Waals surface area (Å²) in [5.41, 5.74) is 1.10. The molecule has 7 heteroatoms. The number of halogens is 1. The SMILES string of the molecule is O=C(O)[C@@H](c1ccccc1)N1C(=O)/C(=C/c2ccc(F)cc2)SC1=S. The van der Waals surface area contributed by atoms with Gasteiger partial charge in [0.05, 0.1) is 4.91 Å². The molecule has 25 heavy (non-hydrogen) atoms. The van der Waals surface area contributed by atoms with Crippen LogP contribution in [-0.4, -0.2) is 26.2 Å². The lowest BCUT2D eigenvalue weighted by atomic mass is 10.1. The van der Waals surface area contributed by atoms with Crippen LogP contribution in [0.3, 0.4) is 0 Å². The van der Waals surface area contributed by atoms with E-state index in [0.29, 0.717) is 16.0 Å². The summed E-state index contributed by atoms with van der Waals surface area (Å²) in [4.78, 5) is 25.9. The topological polar surface area (TPSA) is 57.6 Å². The predicted molar refractivity (Wildman–Crippen MR) is 98.2 cm³/mol. The minimum Gasteiger partial charge on any atom is -0.479 e. The number of carboxylic acid groups (broad SMARTS) is 1. The Balaban J connectivity index is 1.95. The zero-order chi connectivity index (χ0) is 18.0. The number of carbonyl (C=O) groups is 2. The molecule has 2 aromatic carbocycles. The fraction of sp³-hybridized carbons (Fsp3) is 0.0556. The van der Waals surface area contributed by atoms with Gasteiger partial charge in [-0.05, 0) is 29.3 Å². The van der Waals surface area contributed by atoms with Gasteiger partial charge in [-0.15, -0.1) is 0 Å². The van der Waals surface area contributed by atoms with E-state index in [-0.39, 0.29) is 10.1 Å². The van der Waals surface area contributed by atoms with Gasteiger partial charge >= 0.3 is 5.97 Å². The van der Waals surface area contributed by atoms with Crippen LogP contribution in [0.5, 0.6) is 0 Å². The highest BCUT2D eigenvalue weighted by atomic mass is 32.2. The molecule has 0 aromatic heterocycles. The van der Waals surface area contributed by atoms with Crippen molar-refractivity contribution in [1.29, 1.82) is 0 Å². The van der Waals surface area contributed by atoms with Gasteiger partial charge in [0.15, 0.2) is 6.04 Å². The van der Waals surface area contributed by atoms with Gasteiger partial charge in [-0.3, -0.25) is 9.69 Å². The van der Waals surface area contributed by atoms with Crippen LogP contribution in [0.1, 0.15) is 17.2 Å². The number of hydrogen-bond acceptors (Lipinski definition) is 4. The van der Waals surface area contributed by atoms with Crippen LogP contribution in [0.4, 0.5) is 4.39 Å². The minimum atomic E-state index is -1.19. The first kappa shape index (κ1) is 17.3. The molecule has 1 amide bonds. The monoisotopic (exact) mass is 373 g/mol. The number of amides is 1. The number of hydrogen-bond donors (Lipinski definition) is 1. The molecule has 2 aromatic rings. The van der Waals surface area contributed by atoms with Gasteiger partial charge in [-0.1, -0.05) is 66.4 Å². The summed E-state index contributed by atoms with van der Waals surface area (Å²) in [7, 11) is 0. The lowest BCUT2D eigenvalue weighted by molar-refractivity contribution is -0.145. The maximum absolute atomic E-state index is 13.0. The van der Waals surface area contributed by atoms with Crippen molar-refractivity contribution in [2.45, 2.75) is 6.04 Å². The van der Waals surface area contributed by atoms with E-state index in [0.717, 1.165) is 16.7 Å². The van der Waals surface area contributed by atoms with Crippen molar-refractivity contribution in [3.63, 3.8) is 0 Å². The third kappa shape index (κ3) is 3.62. The molecule has 4 nitrogen and oxygen atoms in total. The fourth-order valence-corrected chi connectivity index (χ4v) is 3.76. The molecule has 1 saturated heterocycles. The molecule has 0 radical (unpaired) electrons. The Bertz CT molecular complexity index is 866. The number of rotatable bonds is 4. The molecule has 0 aliphatic carbocycles. The maximum atomic E-state index is 13.0. The van der Waals surface area contributed by atoms with E-state index < -0.39 is 17.9 Å². The van der Waals surface area contributed by atoms with Crippen LogP contribution in [0.25, 0.3) is 6.08 Å². The average Bonchev–Trinajstić information content (AvgIpc) is 2.86. The number of benzene rings is 2. The highest BCUT2D eigenvalue weighted by Gasteiger charge is 2.41. The number of thioether (sulfide) groups is 1. The number of aliphatic carboxylic acids is 1. The molecule has 3 rings (SSSR count). The summed E-state index contributed by atoms with van der Waals surface area (Å²) in [6, 6.07) is 12.9. The van der Waals surface area contributed by atoms with Crippen molar-refractivity contribution in [3.05, 3.63) is 76.4 Å². The van der Waals surface area contributed by atoms with Crippen LogP contribution in [0.2, 0.25) is 0 Å². The Morgan fingerprint density at radius 2 is 1.80 bits per heavy atom. The van der Waals surface area contributed by atoms with Crippen molar-refractivity contribution in [2.75, 3.05) is 0 Å². The van der Waals surface area contributed by atoms with Gasteiger partial charge in [0.2, 0.25) is 0 Å². The fourth-order valence-electron chi connectivity index (χ4n) is 2.45. The largest absolute Gasteiger partial charge is 0.479 e. The Labute approximate surface area is 153 Å². The summed E-state index contributed by atoms with van der Waals surface area (Å²) < 4.78 is 13.2. The van der Waals surface area contributed by atoms with E-state index >= 15 is 0 Å². The second kappa shape index (κ2) is 7.16. The van der Waals surface area contributed by atoms with Crippen molar-refractivity contribution in [3.8, 4) is 0 Å². The van der Waals surface area contributed by atoms with E-state index in [9.17, 15) is 19.1 Å². The smallest absolute Gasteiger partial charge is 0.331 e. The minimum absolute atomic E-state index is 0.176. The lowest BCUT2D eigenvalue weighted by Crippen LogP contribution is -2.37. The Morgan fingerprint density at radius 3 is 2.40 bits per heavy atom. The van der Waals surface area contributed by atoms with Crippen LogP contribution >= 0.6 is 24.0 Å². The van der Waals surface area contributed by atoms with Crippen LogP contribution in [0, 0.1) is 5.82 Å². The van der Waals surface area contributed by atoms with E-state index in [2.05, 4.69) is 0 Å². The van der Waals surface area contributed by atoms with Crippen molar-refractivity contribution >= 4 is 46.3 Å². The van der Waals surface area contributed by atoms with Crippen molar-refractivity contribution in [2.24, 2.45) is 0 Å². The molecule has 126 valence electrons. The summed E-state index contributed by atoms with van der Waals surface area (Å²) in [5, 5.41) is 9.61. The third-order valence-corrected chi connectivity index (χ3v) is 4.93. The molecule has 1 atom stereocenters. The highest BCUT2D eigenvalue weighted by molar-refractivity contribution is 8.26. The normalized spacial score (nSPS) is 17.2. The van der Waals surface area contributed by atoms with E-state index in [4.69, 9.17) is 12.2 Å². The molecule has 1 heterocycles. The number of carboxylic acids is 1. The molecule has 1 N–H and O–H groups in total. The molecule has 1 aliphatic rings. The highest BCUT2D eigenvalue weighted by Crippen LogP contribution is 2.38. The molecule has 0 spiro atoms. The molecular formula is C18H12FNO3S2. The molecule has 0 saturated carbocycles. The summed E-state index contributed by atoms with van der Waals surface area (Å²) in [6.07, 6.45) is 1.57. The number of carbonyl (C=O) groups excluding carboxylic acids is 1. The second-order valence-corrected chi connectivity index (χ2v) is 6.93. The summed E-state index contributed by atoms with van der Waals surface area (Å²) >= 11 is 6.26. The van der Waals surface area contributed by atoms with E-state index in [1.807, 2.05) is 0 Å². The van der Waals surface area contributed by atoms with Gasteiger partial charge in [0, 0.05) is 0 Å². The first-order chi connectivity index (χ1) is 12.0. The summed E-state index contributed by atoms with van der Waals surface area (Å²) in [6.45, 7) is 0. The first-order valence-corrected chi connectivity index (χ1v) is 8.50. The quantitative estimate of drug-likeness (QED) is 0.652. The van der Waals surface area contributed by atoms with Crippen LogP contribution in [-0.2, 0) is 9.59 Å². The number of nitrogens with zero attached hydrogens (tertiary/aromatic N) is 1. The standard InChI is InChI=1S/C18H12FNO3S2/c19-13-8-6-11(7-9-13)10-14-16(21)20(18(24)25-14)15(17(22)23)12-4-2-1-3-5-12/h1-10,15H,(H,22,23)/b14-10-/t15-/m1/s1. The molecule has 1 fully saturated rings. The summed E-state index contributed by atoms with van der Waals surface area (Å²) in [5.74, 6) is -2.01. The molecule has 0 unspecified atom stereocenters. The maximum Gasteiger partial charge on any atom is 0.331 e. The Morgan fingerprint density at radius 1 is 1.16 bits per heavy atom. The van der Waals surface area contributed by atoms with Gasteiger partial charge in [-0.25, -0.2) is 9.18 Å². The van der Waals surface area contributed by atoms with Gasteiger partial charge in [-0.2, -0.15) is 0 Å². The third-order valence-electron chi connectivity index (χ3n) is 3.60. The van der Waals surface area contributed by atoms with Crippen molar-refractivity contribution < 1.29 is 19.1 Å². The van der Waals surface area contributed by atoms with Gasteiger partial charge in [0.1, 0.15) is 10.1 Å². The average molecular weight is 373 g/mol. The van der Waals surface area contributed by atoms with Gasteiger partial charge < -0.3 is 5.11 Å². The lowest BCUT2D eigenvalue weighted by Gasteiger charge is -2.23. The second-order valence-electron chi connectivity index (χ2n) is 5.25. The van der Waals surface area contributed by atoms with Crippen LogP contribution < -0.4 is 0 Å². The van der Waals surface area contributed by atoms with Crippen LogP contribution in [0.15, 0.2) is 59.5 Å². The Kier molecular flexibility index (Phi) is 4.96. The zero-order valence-corrected chi connectivity index (χ0v) is 14.4. The molecule has 1 aliphatic heterocycles. The number of thiocarbonyl (C=S) groups is 1. The van der Waals surface area contributed by atoms with E-state index in [1.165, 1.54) is 24.3 Å². The van der Waals surface area contributed by atoms with E-state index in [1.54, 1.807) is 36.4 Å². The van der Waals surface area contributed by atoms with Gasteiger partial charge in [0.25, 0.3) is 5.91 Å². The molecular weight excluding hydrogens is 361 g/mol. The predicted octanol–water partition coefficient (Wildman–Crippen LogP) is 3.85. The molecule has 0 bridgehead atoms. The first-order valence-electron chi connectivity index (χ1n) is 7.28. The van der Waals surface area contributed by atoms with Crippen molar-refractivity contribution in [1.82, 2.24) is 4.90 Å².